The lowest BCUT2D eigenvalue weighted by Gasteiger charge is -2.05. The van der Waals surface area contributed by atoms with Crippen LogP contribution in [0.4, 0.5) is 0 Å². The van der Waals surface area contributed by atoms with Crippen molar-refractivity contribution in [3.63, 3.8) is 0 Å². The van der Waals surface area contributed by atoms with Crippen molar-refractivity contribution in [1.29, 1.82) is 0 Å². The molecule has 0 unspecified atom stereocenters. The first-order valence-electron chi connectivity index (χ1n) is 7.03. The van der Waals surface area contributed by atoms with Crippen LogP contribution < -0.4 is 11.0 Å². The fourth-order valence-corrected chi connectivity index (χ4v) is 2.46. The molecule has 2 aromatic heterocycles. The van der Waals surface area contributed by atoms with E-state index in [1.54, 1.807) is 0 Å². The number of H-pyrrole nitrogens is 2. The summed E-state index contributed by atoms with van der Waals surface area (Å²) in [6.07, 6.45) is 0.842. The van der Waals surface area contributed by atoms with Gasteiger partial charge in [-0.25, -0.2) is 4.79 Å². The minimum Gasteiger partial charge on any atom is -0.361 e. The molecule has 0 atom stereocenters. The van der Waals surface area contributed by atoms with E-state index in [0.717, 1.165) is 53.1 Å². The minimum absolute atomic E-state index is 0.178. The Morgan fingerprint density at radius 3 is 2.86 bits per heavy atom. The highest BCUT2D eigenvalue weighted by Gasteiger charge is 2.10. The average Bonchev–Trinajstić information content (AvgIpc) is 3.01. The van der Waals surface area contributed by atoms with Crippen molar-refractivity contribution in [3.05, 3.63) is 51.3 Å². The largest absolute Gasteiger partial charge is 0.361 e. The summed E-state index contributed by atoms with van der Waals surface area (Å²) in [6.45, 7) is 5.45. The highest BCUT2D eigenvalue weighted by Crippen LogP contribution is 2.14. The van der Waals surface area contributed by atoms with Gasteiger partial charge in [-0.15, -0.1) is 0 Å². The first-order chi connectivity index (χ1) is 10.2. The van der Waals surface area contributed by atoms with Crippen molar-refractivity contribution in [2.24, 2.45) is 0 Å². The van der Waals surface area contributed by atoms with Gasteiger partial charge >= 0.3 is 5.69 Å². The van der Waals surface area contributed by atoms with Crippen LogP contribution in [0, 0.1) is 6.92 Å². The molecule has 110 valence electrons. The number of rotatable bonds is 5. The van der Waals surface area contributed by atoms with E-state index in [-0.39, 0.29) is 5.69 Å². The second kappa shape index (κ2) is 5.57. The summed E-state index contributed by atoms with van der Waals surface area (Å²) >= 11 is 0. The van der Waals surface area contributed by atoms with Gasteiger partial charge in [0.15, 0.2) is 0 Å². The lowest BCUT2D eigenvalue weighted by Crippen LogP contribution is -2.14. The minimum atomic E-state index is -0.178. The predicted octanol–water partition coefficient (Wildman–Crippen LogP) is 2.00. The molecular formula is C15H18N4O2. The lowest BCUT2D eigenvalue weighted by molar-refractivity contribution is 0.381. The molecule has 6 nitrogen and oxygen atoms in total. The molecule has 0 amide bonds. The van der Waals surface area contributed by atoms with E-state index in [0.29, 0.717) is 0 Å². The second-order valence-corrected chi connectivity index (χ2v) is 5.09. The molecule has 3 N–H and O–H groups in total. The Hall–Kier alpha value is -2.34. The van der Waals surface area contributed by atoms with Gasteiger partial charge in [0.1, 0.15) is 5.76 Å². The molecule has 3 rings (SSSR count). The van der Waals surface area contributed by atoms with Gasteiger partial charge in [0.05, 0.1) is 16.7 Å². The van der Waals surface area contributed by atoms with Crippen LogP contribution in [-0.2, 0) is 19.5 Å². The van der Waals surface area contributed by atoms with Crippen molar-refractivity contribution < 1.29 is 4.52 Å². The van der Waals surface area contributed by atoms with Crippen LogP contribution in [0.5, 0.6) is 0 Å². The van der Waals surface area contributed by atoms with E-state index in [2.05, 4.69) is 27.4 Å². The second-order valence-electron chi connectivity index (χ2n) is 5.09. The molecule has 0 fully saturated rings. The third kappa shape index (κ3) is 2.75. The highest BCUT2D eigenvalue weighted by atomic mass is 16.5. The monoisotopic (exact) mass is 286 g/mol. The maximum Gasteiger partial charge on any atom is 0.323 e. The number of imidazole rings is 1. The highest BCUT2D eigenvalue weighted by molar-refractivity contribution is 5.74. The molecule has 3 aromatic rings. The van der Waals surface area contributed by atoms with Crippen molar-refractivity contribution in [3.8, 4) is 0 Å². The normalized spacial score (nSPS) is 11.3. The Labute approximate surface area is 121 Å². The Morgan fingerprint density at radius 2 is 2.05 bits per heavy atom. The standard InChI is InChI=1S/C15H18N4O2/c1-3-14-11(9(2)19-21-14)8-16-7-10-4-5-12-13(6-10)18-15(20)17-12/h4-6,16H,3,7-8H2,1-2H3,(H2,17,18,20). The van der Waals surface area contributed by atoms with E-state index < -0.39 is 0 Å². The zero-order valence-electron chi connectivity index (χ0n) is 12.1. The van der Waals surface area contributed by atoms with Gasteiger partial charge in [0.25, 0.3) is 0 Å². The third-order valence-corrected chi connectivity index (χ3v) is 3.60. The molecule has 0 bridgehead atoms. The van der Waals surface area contributed by atoms with E-state index in [9.17, 15) is 4.79 Å². The average molecular weight is 286 g/mol. The number of hydrogen-bond donors (Lipinski definition) is 3. The van der Waals surface area contributed by atoms with Crippen LogP contribution in [0.3, 0.4) is 0 Å². The Balaban J connectivity index is 1.68. The number of nitrogens with zero attached hydrogens (tertiary/aromatic N) is 1. The zero-order chi connectivity index (χ0) is 14.8. The van der Waals surface area contributed by atoms with Crippen molar-refractivity contribution >= 4 is 11.0 Å². The first kappa shape index (κ1) is 13.6. The van der Waals surface area contributed by atoms with E-state index >= 15 is 0 Å². The topological polar surface area (TPSA) is 86.7 Å². The number of aryl methyl sites for hydroxylation is 2. The number of benzene rings is 1. The van der Waals surface area contributed by atoms with Crippen LogP contribution in [0.25, 0.3) is 11.0 Å². The van der Waals surface area contributed by atoms with Crippen molar-refractivity contribution in [1.82, 2.24) is 20.4 Å². The molecule has 0 aliphatic rings. The van der Waals surface area contributed by atoms with Crippen LogP contribution in [0.2, 0.25) is 0 Å². The molecule has 21 heavy (non-hydrogen) atoms. The summed E-state index contributed by atoms with van der Waals surface area (Å²) in [5.74, 6) is 0.936. The molecule has 0 aliphatic carbocycles. The molecular weight excluding hydrogens is 268 g/mol. The summed E-state index contributed by atoms with van der Waals surface area (Å²) in [7, 11) is 0. The molecule has 0 spiro atoms. The maximum absolute atomic E-state index is 11.2. The Kier molecular flexibility index (Phi) is 3.62. The summed E-state index contributed by atoms with van der Waals surface area (Å²) in [5.41, 5.74) is 4.66. The van der Waals surface area contributed by atoms with Gasteiger partial charge in [0.2, 0.25) is 0 Å². The van der Waals surface area contributed by atoms with E-state index in [1.807, 2.05) is 25.1 Å². The quantitative estimate of drug-likeness (QED) is 0.669. The SMILES string of the molecule is CCc1onc(C)c1CNCc1ccc2[nH]c(=O)[nH]c2c1. The Morgan fingerprint density at radius 1 is 1.24 bits per heavy atom. The predicted molar refractivity (Wildman–Crippen MR) is 80.1 cm³/mol. The van der Waals surface area contributed by atoms with Gasteiger partial charge in [-0.2, -0.15) is 0 Å². The van der Waals surface area contributed by atoms with Gasteiger partial charge in [-0.1, -0.05) is 18.1 Å². The number of aromatic nitrogens is 3. The van der Waals surface area contributed by atoms with Crippen LogP contribution in [-0.4, -0.2) is 15.1 Å². The van der Waals surface area contributed by atoms with Crippen LogP contribution in [0.15, 0.2) is 27.5 Å². The van der Waals surface area contributed by atoms with Crippen LogP contribution in [0.1, 0.15) is 29.5 Å². The van der Waals surface area contributed by atoms with Gasteiger partial charge < -0.3 is 19.8 Å². The fourth-order valence-electron chi connectivity index (χ4n) is 2.46. The Bertz CT molecular complexity index is 813. The lowest BCUT2D eigenvalue weighted by atomic mass is 10.1. The zero-order valence-corrected chi connectivity index (χ0v) is 12.1. The number of nitrogens with one attached hydrogen (secondary N) is 3. The van der Waals surface area contributed by atoms with E-state index in [4.69, 9.17) is 4.52 Å². The fraction of sp³-hybridized carbons (Fsp3) is 0.333. The maximum atomic E-state index is 11.2. The van der Waals surface area contributed by atoms with Gasteiger partial charge in [-0.05, 0) is 24.6 Å². The molecule has 0 saturated heterocycles. The number of fused-ring (bicyclic) bond motifs is 1. The van der Waals surface area contributed by atoms with E-state index in [1.165, 1.54) is 0 Å². The molecule has 0 saturated carbocycles. The summed E-state index contributed by atoms with van der Waals surface area (Å²) in [5, 5.41) is 7.39. The molecule has 1 aromatic carbocycles. The number of aromatic amines is 2. The van der Waals surface area contributed by atoms with Gasteiger partial charge in [0, 0.05) is 25.1 Å². The van der Waals surface area contributed by atoms with Crippen molar-refractivity contribution in [2.45, 2.75) is 33.4 Å². The summed E-state index contributed by atoms with van der Waals surface area (Å²) in [4.78, 5) is 16.7. The smallest absolute Gasteiger partial charge is 0.323 e. The summed E-state index contributed by atoms with van der Waals surface area (Å²) in [6, 6.07) is 5.88. The molecule has 6 heteroatoms. The summed E-state index contributed by atoms with van der Waals surface area (Å²) < 4.78 is 5.27. The molecule has 0 aliphatic heterocycles. The van der Waals surface area contributed by atoms with Crippen LogP contribution >= 0.6 is 0 Å². The molecule has 2 heterocycles. The first-order valence-corrected chi connectivity index (χ1v) is 7.03. The molecule has 0 radical (unpaired) electrons. The number of hydrogen-bond acceptors (Lipinski definition) is 4. The third-order valence-electron chi connectivity index (χ3n) is 3.60. The van der Waals surface area contributed by atoms with Crippen molar-refractivity contribution in [2.75, 3.05) is 0 Å². The van der Waals surface area contributed by atoms with Gasteiger partial charge in [-0.3, -0.25) is 0 Å².